The summed E-state index contributed by atoms with van der Waals surface area (Å²) in [6.07, 6.45) is 0. The first-order chi connectivity index (χ1) is 5.65. The van der Waals surface area contributed by atoms with Gasteiger partial charge in [-0.25, -0.2) is 0 Å². The normalized spacial score (nSPS) is 10.0. The van der Waals surface area contributed by atoms with Gasteiger partial charge in [-0.1, -0.05) is 17.7 Å². The lowest BCUT2D eigenvalue weighted by Gasteiger charge is -2.11. The van der Waals surface area contributed by atoms with E-state index < -0.39 is 0 Å². The maximum absolute atomic E-state index is 4.88. The Hall–Kier alpha value is -1.02. The van der Waals surface area contributed by atoms with Gasteiger partial charge >= 0.3 is 0 Å². The highest BCUT2D eigenvalue weighted by atomic mass is 16.6. The van der Waals surface area contributed by atoms with Crippen LogP contribution in [-0.4, -0.2) is 7.11 Å². The monoisotopic (exact) mass is 165 g/mol. The van der Waals surface area contributed by atoms with Crippen LogP contribution in [0.25, 0.3) is 0 Å². The van der Waals surface area contributed by atoms with E-state index in [-0.39, 0.29) is 0 Å². The van der Waals surface area contributed by atoms with Gasteiger partial charge in [0.25, 0.3) is 0 Å². The second-order valence-corrected chi connectivity index (χ2v) is 3.08. The zero-order chi connectivity index (χ0) is 9.14. The van der Waals surface area contributed by atoms with E-state index in [0.717, 1.165) is 5.69 Å². The summed E-state index contributed by atoms with van der Waals surface area (Å²) >= 11 is 0. The molecule has 0 saturated heterocycles. The highest BCUT2D eigenvalue weighted by Crippen LogP contribution is 2.21. The Morgan fingerprint density at radius 2 is 1.58 bits per heavy atom. The van der Waals surface area contributed by atoms with Gasteiger partial charge in [0, 0.05) is 0 Å². The van der Waals surface area contributed by atoms with Crippen LogP contribution in [0.4, 0.5) is 5.69 Å². The molecular weight excluding hydrogens is 150 g/mol. The second-order valence-electron chi connectivity index (χ2n) is 3.08. The molecule has 12 heavy (non-hydrogen) atoms. The fraction of sp³-hybridized carbons (Fsp3) is 0.400. The highest BCUT2D eigenvalue weighted by molar-refractivity contribution is 5.56. The van der Waals surface area contributed by atoms with Gasteiger partial charge in [0.1, 0.15) is 0 Å². The molecule has 0 aromatic heterocycles. The van der Waals surface area contributed by atoms with Crippen LogP contribution in [-0.2, 0) is 4.84 Å². The first-order valence-corrected chi connectivity index (χ1v) is 4.02. The van der Waals surface area contributed by atoms with Gasteiger partial charge in [0.2, 0.25) is 0 Å². The van der Waals surface area contributed by atoms with Gasteiger partial charge in [-0.3, -0.25) is 10.3 Å². The lowest BCUT2D eigenvalue weighted by Crippen LogP contribution is -2.00. The predicted molar refractivity (Wildman–Crippen MR) is 51.3 cm³/mol. The molecule has 0 aliphatic heterocycles. The topological polar surface area (TPSA) is 21.3 Å². The number of aryl methyl sites for hydroxylation is 3. The summed E-state index contributed by atoms with van der Waals surface area (Å²) in [4.78, 5) is 4.88. The molecular formula is C10H15NO. The van der Waals surface area contributed by atoms with Gasteiger partial charge in [0.15, 0.2) is 0 Å². The molecule has 2 heteroatoms. The number of anilines is 1. The lowest BCUT2D eigenvalue weighted by molar-refractivity contribution is 0.270. The molecule has 0 saturated carbocycles. The Bertz CT molecular complexity index is 258. The van der Waals surface area contributed by atoms with E-state index in [4.69, 9.17) is 4.84 Å². The van der Waals surface area contributed by atoms with E-state index in [1.165, 1.54) is 16.7 Å². The summed E-state index contributed by atoms with van der Waals surface area (Å²) in [5.41, 5.74) is 7.66. The Balaban J connectivity index is 3.10. The van der Waals surface area contributed by atoms with Crippen molar-refractivity contribution in [3.8, 4) is 0 Å². The predicted octanol–water partition coefficient (Wildman–Crippen LogP) is 2.59. The third-order valence-electron chi connectivity index (χ3n) is 1.88. The minimum atomic E-state index is 1.07. The van der Waals surface area contributed by atoms with Crippen LogP contribution < -0.4 is 5.48 Å². The Morgan fingerprint density at radius 1 is 1.08 bits per heavy atom. The van der Waals surface area contributed by atoms with Crippen molar-refractivity contribution < 1.29 is 4.84 Å². The molecule has 66 valence electrons. The molecule has 0 fully saturated rings. The average molecular weight is 165 g/mol. The molecule has 1 N–H and O–H groups in total. The molecule has 0 heterocycles. The van der Waals surface area contributed by atoms with Gasteiger partial charge in [-0.15, -0.1) is 0 Å². The summed E-state index contributed by atoms with van der Waals surface area (Å²) in [7, 11) is 1.62. The fourth-order valence-corrected chi connectivity index (χ4v) is 1.44. The molecule has 0 spiro atoms. The Labute approximate surface area is 73.5 Å². The molecule has 0 unspecified atom stereocenters. The third-order valence-corrected chi connectivity index (χ3v) is 1.88. The molecule has 0 bridgehead atoms. The first kappa shape index (κ1) is 9.07. The maximum atomic E-state index is 4.88. The maximum Gasteiger partial charge on any atom is 0.0662 e. The van der Waals surface area contributed by atoms with Crippen LogP contribution in [0.2, 0.25) is 0 Å². The van der Waals surface area contributed by atoms with Crippen molar-refractivity contribution in [1.29, 1.82) is 0 Å². The minimum Gasteiger partial charge on any atom is -0.279 e. The number of benzene rings is 1. The highest BCUT2D eigenvalue weighted by Gasteiger charge is 2.01. The molecule has 0 amide bonds. The Kier molecular flexibility index (Phi) is 2.71. The molecule has 1 aromatic rings. The van der Waals surface area contributed by atoms with Crippen molar-refractivity contribution in [2.24, 2.45) is 0 Å². The summed E-state index contributed by atoms with van der Waals surface area (Å²) < 4.78 is 0. The van der Waals surface area contributed by atoms with Crippen LogP contribution >= 0.6 is 0 Å². The first-order valence-electron chi connectivity index (χ1n) is 4.02. The number of rotatable bonds is 2. The summed E-state index contributed by atoms with van der Waals surface area (Å²) in [5, 5.41) is 0. The summed E-state index contributed by atoms with van der Waals surface area (Å²) in [6.45, 7) is 6.24. The molecule has 0 aliphatic rings. The third kappa shape index (κ3) is 1.77. The average Bonchev–Trinajstić information content (AvgIpc) is 1.96. The number of hydrogen-bond acceptors (Lipinski definition) is 2. The number of nitrogens with one attached hydrogen (secondary N) is 1. The number of hydrogen-bond donors (Lipinski definition) is 1. The quantitative estimate of drug-likeness (QED) is 0.680. The van der Waals surface area contributed by atoms with Crippen molar-refractivity contribution in [3.63, 3.8) is 0 Å². The zero-order valence-electron chi connectivity index (χ0n) is 8.06. The van der Waals surface area contributed by atoms with Gasteiger partial charge in [-0.2, -0.15) is 0 Å². The van der Waals surface area contributed by atoms with Crippen molar-refractivity contribution in [2.45, 2.75) is 20.8 Å². The molecule has 0 aliphatic carbocycles. The van der Waals surface area contributed by atoms with E-state index in [9.17, 15) is 0 Å². The smallest absolute Gasteiger partial charge is 0.0662 e. The lowest BCUT2D eigenvalue weighted by atomic mass is 10.1. The standard InChI is InChI=1S/C10H15NO/c1-7-5-8(2)10(11-12-4)9(3)6-7/h5-6,11H,1-4H3. The van der Waals surface area contributed by atoms with Gasteiger partial charge in [-0.05, 0) is 31.9 Å². The van der Waals surface area contributed by atoms with Crippen LogP contribution in [0.3, 0.4) is 0 Å². The largest absolute Gasteiger partial charge is 0.279 e. The molecule has 2 nitrogen and oxygen atoms in total. The van der Waals surface area contributed by atoms with E-state index in [1.54, 1.807) is 7.11 Å². The second kappa shape index (κ2) is 3.59. The zero-order valence-corrected chi connectivity index (χ0v) is 8.06. The fourth-order valence-electron chi connectivity index (χ4n) is 1.44. The molecule has 1 rings (SSSR count). The Morgan fingerprint density at radius 3 is 2.00 bits per heavy atom. The van der Waals surface area contributed by atoms with Crippen LogP contribution in [0.15, 0.2) is 12.1 Å². The van der Waals surface area contributed by atoms with E-state index in [0.29, 0.717) is 0 Å². The van der Waals surface area contributed by atoms with Gasteiger partial charge in [0.05, 0.1) is 12.8 Å². The van der Waals surface area contributed by atoms with Crippen LogP contribution in [0.5, 0.6) is 0 Å². The summed E-state index contributed by atoms with van der Waals surface area (Å²) in [5.74, 6) is 0. The van der Waals surface area contributed by atoms with E-state index in [1.807, 2.05) is 0 Å². The van der Waals surface area contributed by atoms with Crippen LogP contribution in [0.1, 0.15) is 16.7 Å². The van der Waals surface area contributed by atoms with E-state index >= 15 is 0 Å². The minimum absolute atomic E-state index is 1.07. The van der Waals surface area contributed by atoms with E-state index in [2.05, 4.69) is 38.4 Å². The molecule has 1 aromatic carbocycles. The summed E-state index contributed by atoms with van der Waals surface area (Å²) in [6, 6.07) is 4.27. The molecule has 0 radical (unpaired) electrons. The van der Waals surface area contributed by atoms with Crippen molar-refractivity contribution in [2.75, 3.05) is 12.6 Å². The van der Waals surface area contributed by atoms with Gasteiger partial charge < -0.3 is 0 Å². The van der Waals surface area contributed by atoms with Crippen molar-refractivity contribution in [3.05, 3.63) is 28.8 Å². The molecule has 0 atom stereocenters. The SMILES string of the molecule is CONc1c(C)cc(C)cc1C. The van der Waals surface area contributed by atoms with Crippen LogP contribution in [0, 0.1) is 20.8 Å². The van der Waals surface area contributed by atoms with Crippen molar-refractivity contribution >= 4 is 5.69 Å². The van der Waals surface area contributed by atoms with Crippen molar-refractivity contribution in [1.82, 2.24) is 0 Å².